The second kappa shape index (κ2) is 4.32. The Kier molecular flexibility index (Phi) is 3.60. The van der Waals surface area contributed by atoms with Gasteiger partial charge in [-0.25, -0.2) is 0 Å². The SMILES string of the molecule is OCC(O)[C@H]1N[C@H](CO)[C@H](O)[C@H]1O. The third kappa shape index (κ3) is 1.98. The van der Waals surface area contributed by atoms with E-state index >= 15 is 0 Å². The summed E-state index contributed by atoms with van der Waals surface area (Å²) in [6.45, 7) is -0.827. The highest BCUT2D eigenvalue weighted by molar-refractivity contribution is 5.00. The summed E-state index contributed by atoms with van der Waals surface area (Å²) < 4.78 is 0. The molecule has 6 nitrogen and oxygen atoms in total. The van der Waals surface area contributed by atoms with E-state index in [0.29, 0.717) is 0 Å². The molecule has 0 aliphatic carbocycles. The summed E-state index contributed by atoms with van der Waals surface area (Å²) in [5.41, 5.74) is 0. The Morgan fingerprint density at radius 2 is 1.77 bits per heavy atom. The van der Waals surface area contributed by atoms with Gasteiger partial charge >= 0.3 is 0 Å². The summed E-state index contributed by atoms with van der Waals surface area (Å²) in [7, 11) is 0. The molecule has 1 rings (SSSR count). The summed E-state index contributed by atoms with van der Waals surface area (Å²) in [6.07, 6.45) is -3.42. The number of hydrogen-bond acceptors (Lipinski definition) is 6. The molecule has 6 N–H and O–H groups in total. The molecule has 0 aromatic heterocycles. The first kappa shape index (κ1) is 10.8. The molecule has 0 spiro atoms. The predicted octanol–water partition coefficient (Wildman–Crippen LogP) is -3.61. The highest BCUT2D eigenvalue weighted by Gasteiger charge is 2.43. The van der Waals surface area contributed by atoms with E-state index in [9.17, 15) is 15.3 Å². The molecule has 5 atom stereocenters. The van der Waals surface area contributed by atoms with Gasteiger partial charge in [-0.2, -0.15) is 0 Å². The van der Waals surface area contributed by atoms with Crippen molar-refractivity contribution in [2.75, 3.05) is 13.2 Å². The average molecular weight is 193 g/mol. The van der Waals surface area contributed by atoms with Crippen molar-refractivity contribution in [1.29, 1.82) is 0 Å². The monoisotopic (exact) mass is 193 g/mol. The van der Waals surface area contributed by atoms with Gasteiger partial charge in [-0.1, -0.05) is 0 Å². The lowest BCUT2D eigenvalue weighted by molar-refractivity contribution is -0.0150. The molecule has 1 aliphatic rings. The maximum atomic E-state index is 9.37. The standard InChI is InChI=1S/C7H15NO5/c9-1-3-6(12)7(13)5(8-3)4(11)2-10/h3-13H,1-2H2/t3-,4?,5-,6+,7+/m1/s1. The topological polar surface area (TPSA) is 113 Å². The number of aliphatic hydroxyl groups excluding tert-OH is 5. The second-order valence-corrected chi connectivity index (χ2v) is 3.21. The number of aliphatic hydroxyl groups is 5. The van der Waals surface area contributed by atoms with E-state index in [1.807, 2.05) is 0 Å². The van der Waals surface area contributed by atoms with Crippen molar-refractivity contribution in [3.05, 3.63) is 0 Å². The minimum Gasteiger partial charge on any atom is -0.395 e. The summed E-state index contributed by atoms with van der Waals surface area (Å²) >= 11 is 0. The molecule has 0 amide bonds. The van der Waals surface area contributed by atoms with Crippen molar-refractivity contribution in [3.63, 3.8) is 0 Å². The molecule has 1 fully saturated rings. The summed E-state index contributed by atoms with van der Waals surface area (Å²) in [4.78, 5) is 0. The van der Waals surface area contributed by atoms with Crippen LogP contribution in [0.15, 0.2) is 0 Å². The van der Waals surface area contributed by atoms with Crippen LogP contribution in [0.2, 0.25) is 0 Å². The lowest BCUT2D eigenvalue weighted by atomic mass is 10.0. The van der Waals surface area contributed by atoms with Crippen LogP contribution in [0.5, 0.6) is 0 Å². The van der Waals surface area contributed by atoms with Crippen LogP contribution >= 0.6 is 0 Å². The van der Waals surface area contributed by atoms with Gasteiger partial charge in [0.1, 0.15) is 0 Å². The van der Waals surface area contributed by atoms with Crippen molar-refractivity contribution in [1.82, 2.24) is 5.32 Å². The summed E-state index contributed by atoms with van der Waals surface area (Å²) in [5, 5.41) is 47.9. The molecule has 1 heterocycles. The first-order chi connectivity index (χ1) is 6.11. The van der Waals surface area contributed by atoms with Gasteiger partial charge in [-0.3, -0.25) is 0 Å². The van der Waals surface area contributed by atoms with Crippen LogP contribution in [0.1, 0.15) is 0 Å². The molecule has 1 unspecified atom stereocenters. The highest BCUT2D eigenvalue weighted by Crippen LogP contribution is 2.16. The van der Waals surface area contributed by atoms with Crippen molar-refractivity contribution in [3.8, 4) is 0 Å². The molecule has 0 aromatic carbocycles. The lowest BCUT2D eigenvalue weighted by Crippen LogP contribution is -2.45. The molecule has 0 saturated carbocycles. The van der Waals surface area contributed by atoms with E-state index in [2.05, 4.69) is 5.32 Å². The highest BCUT2D eigenvalue weighted by atomic mass is 16.3. The molecule has 6 heteroatoms. The zero-order chi connectivity index (χ0) is 10.0. The smallest absolute Gasteiger partial charge is 0.0994 e. The zero-order valence-electron chi connectivity index (χ0n) is 7.04. The van der Waals surface area contributed by atoms with Crippen LogP contribution < -0.4 is 5.32 Å². The Morgan fingerprint density at radius 3 is 2.15 bits per heavy atom. The van der Waals surface area contributed by atoms with Gasteiger partial charge in [-0.15, -0.1) is 0 Å². The first-order valence-electron chi connectivity index (χ1n) is 4.13. The maximum Gasteiger partial charge on any atom is 0.0994 e. The molecule has 0 bridgehead atoms. The molecule has 1 aliphatic heterocycles. The van der Waals surface area contributed by atoms with Gasteiger partial charge in [0, 0.05) is 0 Å². The molecular weight excluding hydrogens is 178 g/mol. The van der Waals surface area contributed by atoms with Gasteiger partial charge in [0.2, 0.25) is 0 Å². The minimum absolute atomic E-state index is 0.327. The quantitative estimate of drug-likeness (QED) is 0.276. The van der Waals surface area contributed by atoms with Crippen LogP contribution in [0.25, 0.3) is 0 Å². The van der Waals surface area contributed by atoms with E-state index in [4.69, 9.17) is 10.2 Å². The van der Waals surface area contributed by atoms with Crippen molar-refractivity contribution in [2.24, 2.45) is 0 Å². The number of rotatable bonds is 3. The van der Waals surface area contributed by atoms with Crippen LogP contribution in [-0.2, 0) is 0 Å². The van der Waals surface area contributed by atoms with E-state index < -0.39 is 37.0 Å². The van der Waals surface area contributed by atoms with E-state index in [1.54, 1.807) is 0 Å². The van der Waals surface area contributed by atoms with E-state index in [-0.39, 0.29) is 6.61 Å². The minimum atomic E-state index is -1.17. The molecule has 1 saturated heterocycles. The molecular formula is C7H15NO5. The van der Waals surface area contributed by atoms with Gasteiger partial charge in [0.25, 0.3) is 0 Å². The Labute approximate surface area is 75.4 Å². The fourth-order valence-corrected chi connectivity index (χ4v) is 1.51. The Balaban J connectivity index is 2.60. The van der Waals surface area contributed by atoms with Crippen molar-refractivity contribution >= 4 is 0 Å². The number of hydrogen-bond donors (Lipinski definition) is 6. The molecule has 0 aromatic rings. The van der Waals surface area contributed by atoms with Crippen LogP contribution in [0, 0.1) is 0 Å². The van der Waals surface area contributed by atoms with Crippen molar-refractivity contribution in [2.45, 2.75) is 30.4 Å². The number of nitrogens with one attached hydrogen (secondary N) is 1. The molecule has 78 valence electrons. The molecule has 0 radical (unpaired) electrons. The summed E-state index contributed by atoms with van der Waals surface area (Å²) in [6, 6.07) is -1.45. The largest absolute Gasteiger partial charge is 0.395 e. The fourth-order valence-electron chi connectivity index (χ4n) is 1.51. The fraction of sp³-hybridized carbons (Fsp3) is 1.00. The van der Waals surface area contributed by atoms with Crippen LogP contribution in [0.4, 0.5) is 0 Å². The predicted molar refractivity (Wildman–Crippen MR) is 42.9 cm³/mol. The average Bonchev–Trinajstić information content (AvgIpc) is 2.43. The first-order valence-corrected chi connectivity index (χ1v) is 4.13. The van der Waals surface area contributed by atoms with Gasteiger partial charge < -0.3 is 30.8 Å². The second-order valence-electron chi connectivity index (χ2n) is 3.21. The lowest BCUT2D eigenvalue weighted by Gasteiger charge is -2.19. The van der Waals surface area contributed by atoms with E-state index in [0.717, 1.165) is 0 Å². The third-order valence-corrected chi connectivity index (χ3v) is 2.33. The zero-order valence-corrected chi connectivity index (χ0v) is 7.04. The van der Waals surface area contributed by atoms with E-state index in [1.165, 1.54) is 0 Å². The van der Waals surface area contributed by atoms with Gasteiger partial charge in [-0.05, 0) is 0 Å². The van der Waals surface area contributed by atoms with Gasteiger partial charge in [0.15, 0.2) is 0 Å². The molecule has 13 heavy (non-hydrogen) atoms. The maximum absolute atomic E-state index is 9.37. The van der Waals surface area contributed by atoms with Crippen LogP contribution in [-0.4, -0.2) is 69.1 Å². The summed E-state index contributed by atoms with van der Waals surface area (Å²) in [5.74, 6) is 0. The third-order valence-electron chi connectivity index (χ3n) is 2.33. The Bertz CT molecular complexity index is 167. The Morgan fingerprint density at radius 1 is 1.15 bits per heavy atom. The van der Waals surface area contributed by atoms with Gasteiger partial charge in [0.05, 0.1) is 43.6 Å². The Hall–Kier alpha value is -0.240. The van der Waals surface area contributed by atoms with Crippen molar-refractivity contribution < 1.29 is 25.5 Å². The van der Waals surface area contributed by atoms with Crippen LogP contribution in [0.3, 0.4) is 0 Å². The normalized spacial score (nSPS) is 42.2.